The van der Waals surface area contributed by atoms with Crippen LogP contribution in [0.2, 0.25) is 0 Å². The molecule has 0 spiro atoms. The Morgan fingerprint density at radius 1 is 1.62 bits per heavy atom. The number of nitrogens with one attached hydrogen (secondary N) is 1. The van der Waals surface area contributed by atoms with Crippen LogP contribution in [0.25, 0.3) is 6.08 Å². The summed E-state index contributed by atoms with van der Waals surface area (Å²) in [6.07, 6.45) is 7.38. The predicted octanol–water partition coefficient (Wildman–Crippen LogP) is 1.49. The molecule has 0 fully saturated rings. The summed E-state index contributed by atoms with van der Waals surface area (Å²) in [5.74, 6) is 0. The molecule has 0 aliphatic carbocycles. The van der Waals surface area contributed by atoms with Crippen LogP contribution in [0.3, 0.4) is 0 Å². The molecule has 1 aromatic heterocycles. The van der Waals surface area contributed by atoms with Crippen molar-refractivity contribution in [3.63, 3.8) is 0 Å². The lowest BCUT2D eigenvalue weighted by Gasteiger charge is -2.04. The zero-order valence-electron chi connectivity index (χ0n) is 8.07. The van der Waals surface area contributed by atoms with Crippen molar-refractivity contribution in [2.45, 2.75) is 19.9 Å². The maximum absolute atomic E-state index is 4.09. The highest BCUT2D eigenvalue weighted by Gasteiger charge is 1.92. The minimum absolute atomic E-state index is 0.389. The Morgan fingerprint density at radius 3 is 3.08 bits per heavy atom. The predicted molar refractivity (Wildman–Crippen MR) is 54.2 cm³/mol. The van der Waals surface area contributed by atoms with Gasteiger partial charge in [-0.25, -0.2) is 9.97 Å². The van der Waals surface area contributed by atoms with Crippen molar-refractivity contribution in [1.29, 1.82) is 0 Å². The van der Waals surface area contributed by atoms with Gasteiger partial charge in [0.15, 0.2) is 0 Å². The first-order chi connectivity index (χ1) is 6.33. The summed E-state index contributed by atoms with van der Waals surface area (Å²) in [5.41, 5.74) is 0.944. The van der Waals surface area contributed by atoms with E-state index in [9.17, 15) is 0 Å². The van der Waals surface area contributed by atoms with Gasteiger partial charge in [-0.3, -0.25) is 0 Å². The Morgan fingerprint density at radius 2 is 2.46 bits per heavy atom. The Bertz CT molecular complexity index is 256. The molecule has 13 heavy (non-hydrogen) atoms. The van der Waals surface area contributed by atoms with Gasteiger partial charge >= 0.3 is 0 Å². The summed E-state index contributed by atoms with van der Waals surface area (Å²) in [5, 5.41) is 3.29. The SMILES string of the molecule is CCNC(C)/C=C/c1ccncn1. The number of rotatable bonds is 4. The standard InChI is InChI=1S/C10H15N3/c1-3-12-9(2)4-5-10-6-7-11-8-13-10/h4-9,12H,3H2,1-2H3/b5-4+. The van der Waals surface area contributed by atoms with E-state index in [-0.39, 0.29) is 0 Å². The molecule has 0 saturated carbocycles. The molecule has 0 radical (unpaired) electrons. The summed E-state index contributed by atoms with van der Waals surface area (Å²) in [4.78, 5) is 7.93. The zero-order chi connectivity index (χ0) is 9.52. The Labute approximate surface area is 78.9 Å². The summed E-state index contributed by atoms with van der Waals surface area (Å²) in [6, 6.07) is 2.27. The van der Waals surface area contributed by atoms with Crippen LogP contribution in [0.1, 0.15) is 19.5 Å². The van der Waals surface area contributed by atoms with Crippen molar-refractivity contribution in [1.82, 2.24) is 15.3 Å². The van der Waals surface area contributed by atoms with E-state index in [1.807, 2.05) is 12.1 Å². The van der Waals surface area contributed by atoms with Crippen LogP contribution in [-0.4, -0.2) is 22.6 Å². The normalized spacial score (nSPS) is 13.4. The van der Waals surface area contributed by atoms with Gasteiger partial charge < -0.3 is 5.32 Å². The second kappa shape index (κ2) is 5.43. The molecule has 70 valence electrons. The van der Waals surface area contributed by atoms with Crippen molar-refractivity contribution < 1.29 is 0 Å². The third-order valence-electron chi connectivity index (χ3n) is 1.69. The van der Waals surface area contributed by atoms with E-state index in [1.165, 1.54) is 0 Å². The number of hydrogen-bond donors (Lipinski definition) is 1. The van der Waals surface area contributed by atoms with Gasteiger partial charge in [-0.15, -0.1) is 0 Å². The van der Waals surface area contributed by atoms with E-state index in [2.05, 4.69) is 35.2 Å². The Balaban J connectivity index is 2.49. The van der Waals surface area contributed by atoms with E-state index in [0.717, 1.165) is 12.2 Å². The molecule has 0 aliphatic rings. The molecule has 1 unspecified atom stereocenters. The van der Waals surface area contributed by atoms with E-state index in [4.69, 9.17) is 0 Å². The number of aromatic nitrogens is 2. The van der Waals surface area contributed by atoms with E-state index in [1.54, 1.807) is 12.5 Å². The molecule has 0 amide bonds. The van der Waals surface area contributed by atoms with Crippen molar-refractivity contribution in [3.8, 4) is 0 Å². The maximum Gasteiger partial charge on any atom is 0.115 e. The second-order valence-corrected chi connectivity index (χ2v) is 2.84. The van der Waals surface area contributed by atoms with Crippen molar-refractivity contribution in [3.05, 3.63) is 30.4 Å². The fourth-order valence-corrected chi connectivity index (χ4v) is 1.03. The van der Waals surface area contributed by atoms with E-state index >= 15 is 0 Å². The minimum atomic E-state index is 0.389. The molecule has 1 atom stereocenters. The molecule has 0 aliphatic heterocycles. The van der Waals surface area contributed by atoms with Gasteiger partial charge in [0.05, 0.1) is 5.69 Å². The summed E-state index contributed by atoms with van der Waals surface area (Å²) in [6.45, 7) is 5.19. The zero-order valence-corrected chi connectivity index (χ0v) is 8.07. The average molecular weight is 177 g/mol. The van der Waals surface area contributed by atoms with Gasteiger partial charge in [-0.1, -0.05) is 13.0 Å². The lowest BCUT2D eigenvalue weighted by molar-refractivity contribution is 0.662. The van der Waals surface area contributed by atoms with Crippen LogP contribution in [0, 0.1) is 0 Å². The highest BCUT2D eigenvalue weighted by molar-refractivity contribution is 5.43. The Hall–Kier alpha value is -1.22. The average Bonchev–Trinajstić information content (AvgIpc) is 2.17. The lowest BCUT2D eigenvalue weighted by Crippen LogP contribution is -2.22. The molecule has 1 N–H and O–H groups in total. The first-order valence-electron chi connectivity index (χ1n) is 4.50. The highest BCUT2D eigenvalue weighted by Crippen LogP contribution is 1.96. The molecular formula is C10H15N3. The van der Waals surface area contributed by atoms with Crippen LogP contribution >= 0.6 is 0 Å². The fraction of sp³-hybridized carbons (Fsp3) is 0.400. The van der Waals surface area contributed by atoms with Crippen molar-refractivity contribution in [2.24, 2.45) is 0 Å². The highest BCUT2D eigenvalue weighted by atomic mass is 14.9. The van der Waals surface area contributed by atoms with Crippen LogP contribution in [0.15, 0.2) is 24.7 Å². The van der Waals surface area contributed by atoms with E-state index in [0.29, 0.717) is 6.04 Å². The summed E-state index contributed by atoms with van der Waals surface area (Å²) < 4.78 is 0. The third kappa shape index (κ3) is 3.80. The van der Waals surface area contributed by atoms with Gasteiger partial charge in [-0.2, -0.15) is 0 Å². The fourth-order valence-electron chi connectivity index (χ4n) is 1.03. The molecule has 0 aromatic carbocycles. The first-order valence-corrected chi connectivity index (χ1v) is 4.50. The van der Waals surface area contributed by atoms with Crippen molar-refractivity contribution >= 4 is 6.08 Å². The molecule has 1 rings (SSSR count). The lowest BCUT2D eigenvalue weighted by atomic mass is 10.2. The van der Waals surface area contributed by atoms with Gasteiger partial charge in [0.1, 0.15) is 6.33 Å². The maximum atomic E-state index is 4.09. The van der Waals surface area contributed by atoms with Gasteiger partial charge in [-0.05, 0) is 25.6 Å². The van der Waals surface area contributed by atoms with Crippen LogP contribution < -0.4 is 5.32 Å². The topological polar surface area (TPSA) is 37.8 Å². The monoisotopic (exact) mass is 177 g/mol. The molecule has 3 heteroatoms. The molecular weight excluding hydrogens is 162 g/mol. The van der Waals surface area contributed by atoms with Gasteiger partial charge in [0, 0.05) is 12.2 Å². The molecule has 0 bridgehead atoms. The quantitative estimate of drug-likeness (QED) is 0.757. The van der Waals surface area contributed by atoms with Crippen molar-refractivity contribution in [2.75, 3.05) is 6.54 Å². The van der Waals surface area contributed by atoms with E-state index < -0.39 is 0 Å². The minimum Gasteiger partial charge on any atom is -0.311 e. The Kier molecular flexibility index (Phi) is 4.12. The number of hydrogen-bond acceptors (Lipinski definition) is 3. The summed E-state index contributed by atoms with van der Waals surface area (Å²) in [7, 11) is 0. The number of nitrogens with zero attached hydrogens (tertiary/aromatic N) is 2. The smallest absolute Gasteiger partial charge is 0.115 e. The molecule has 0 saturated heterocycles. The summed E-state index contributed by atoms with van der Waals surface area (Å²) >= 11 is 0. The van der Waals surface area contributed by atoms with Crippen LogP contribution in [0.4, 0.5) is 0 Å². The second-order valence-electron chi connectivity index (χ2n) is 2.84. The molecule has 1 heterocycles. The first kappa shape index (κ1) is 9.86. The largest absolute Gasteiger partial charge is 0.311 e. The molecule has 3 nitrogen and oxygen atoms in total. The third-order valence-corrected chi connectivity index (χ3v) is 1.69. The van der Waals surface area contributed by atoms with Gasteiger partial charge in [0.25, 0.3) is 0 Å². The number of likely N-dealkylation sites (N-methyl/N-ethyl adjacent to an activating group) is 1. The van der Waals surface area contributed by atoms with Crippen LogP contribution in [0.5, 0.6) is 0 Å². The molecule has 1 aromatic rings. The van der Waals surface area contributed by atoms with Crippen LogP contribution in [-0.2, 0) is 0 Å². The van der Waals surface area contributed by atoms with Gasteiger partial charge in [0.2, 0.25) is 0 Å².